The van der Waals surface area contributed by atoms with Crippen LogP contribution < -0.4 is 0 Å². The third-order valence-corrected chi connectivity index (χ3v) is 1.87. The zero-order valence-electron chi connectivity index (χ0n) is 5.33. The van der Waals surface area contributed by atoms with E-state index in [2.05, 4.69) is 12.6 Å². The number of hydrogen-bond donors (Lipinski definition) is 2. The fourth-order valence-corrected chi connectivity index (χ4v) is 0.921. The monoisotopic (exact) mass is 142 g/mol. The van der Waals surface area contributed by atoms with Crippen LogP contribution in [0.25, 0.3) is 0 Å². The van der Waals surface area contributed by atoms with Crippen LogP contribution in [0.1, 0.15) is 13.3 Å². The fourth-order valence-electron chi connectivity index (χ4n) is 0.741. The molecule has 0 aromatic carbocycles. The molecule has 0 amide bonds. The van der Waals surface area contributed by atoms with Gasteiger partial charge in [-0.25, -0.2) is 0 Å². The first-order chi connectivity index (χ1) is 4.13. The lowest BCUT2D eigenvalue weighted by Gasteiger charge is -2.22. The average Bonchev–Trinajstić information content (AvgIpc) is 1.77. The Hall–Kier alpha value is -0.370. The Bertz CT molecular complexity index is 168. The summed E-state index contributed by atoms with van der Waals surface area (Å²) >= 11 is 4.24. The van der Waals surface area contributed by atoms with Crippen molar-refractivity contribution in [2.45, 2.75) is 18.1 Å². The zero-order valence-corrected chi connectivity index (χ0v) is 6.23. The van der Waals surface area contributed by atoms with E-state index < -0.39 is 0 Å². The maximum Gasteiger partial charge on any atom is 0.108 e. The van der Waals surface area contributed by atoms with Gasteiger partial charge < -0.3 is 5.11 Å². The summed E-state index contributed by atoms with van der Waals surface area (Å²) in [5.74, 6) is 0.355. The number of aliphatic hydroxyl groups is 1. The molecule has 0 aromatic rings. The Balaban J connectivity index is 2.83. The van der Waals surface area contributed by atoms with Crippen molar-refractivity contribution in [3.05, 3.63) is 24.0 Å². The molecular formula is C7H10OS. The summed E-state index contributed by atoms with van der Waals surface area (Å²) in [5, 5.41) is 9.17. The van der Waals surface area contributed by atoms with E-state index in [0.717, 1.165) is 6.42 Å². The van der Waals surface area contributed by atoms with E-state index in [9.17, 15) is 5.11 Å². The van der Waals surface area contributed by atoms with Crippen LogP contribution in [0.4, 0.5) is 0 Å². The van der Waals surface area contributed by atoms with Crippen LogP contribution in [0.5, 0.6) is 0 Å². The molecule has 1 atom stereocenters. The van der Waals surface area contributed by atoms with E-state index in [-0.39, 0.29) is 4.75 Å². The Morgan fingerprint density at radius 3 is 2.78 bits per heavy atom. The van der Waals surface area contributed by atoms with Gasteiger partial charge in [0.15, 0.2) is 0 Å². The maximum absolute atomic E-state index is 9.17. The van der Waals surface area contributed by atoms with Gasteiger partial charge in [-0.2, -0.15) is 12.6 Å². The Labute approximate surface area is 60.5 Å². The van der Waals surface area contributed by atoms with E-state index in [1.54, 1.807) is 6.08 Å². The van der Waals surface area contributed by atoms with E-state index in [0.29, 0.717) is 5.76 Å². The lowest BCUT2D eigenvalue weighted by atomic mass is 10.00. The topological polar surface area (TPSA) is 20.2 Å². The van der Waals surface area contributed by atoms with Gasteiger partial charge in [-0.15, -0.1) is 0 Å². The third-order valence-electron chi connectivity index (χ3n) is 1.46. The molecule has 0 saturated carbocycles. The number of hydrogen-bond acceptors (Lipinski definition) is 2. The molecule has 0 aliphatic heterocycles. The van der Waals surface area contributed by atoms with Gasteiger partial charge in [0.25, 0.3) is 0 Å². The highest BCUT2D eigenvalue weighted by atomic mass is 32.1. The van der Waals surface area contributed by atoms with Crippen molar-refractivity contribution in [2.24, 2.45) is 0 Å². The smallest absolute Gasteiger partial charge is 0.108 e. The van der Waals surface area contributed by atoms with Gasteiger partial charge in [-0.3, -0.25) is 0 Å². The molecule has 0 fully saturated rings. The molecular weight excluding hydrogens is 132 g/mol. The second kappa shape index (κ2) is 2.10. The molecule has 0 aromatic heterocycles. The van der Waals surface area contributed by atoms with Crippen molar-refractivity contribution >= 4 is 12.6 Å². The minimum Gasteiger partial charge on any atom is -0.511 e. The Morgan fingerprint density at radius 1 is 1.78 bits per heavy atom. The molecule has 0 saturated heterocycles. The second-order valence-electron chi connectivity index (χ2n) is 2.46. The molecule has 1 nitrogen and oxygen atoms in total. The molecule has 1 unspecified atom stereocenters. The molecule has 1 N–H and O–H groups in total. The van der Waals surface area contributed by atoms with Gasteiger partial charge in [0, 0.05) is 0 Å². The summed E-state index contributed by atoms with van der Waals surface area (Å²) in [5.41, 5.74) is 0. The van der Waals surface area contributed by atoms with Crippen LogP contribution in [-0.2, 0) is 0 Å². The minimum absolute atomic E-state index is 0.339. The van der Waals surface area contributed by atoms with Crippen molar-refractivity contribution in [3.8, 4) is 0 Å². The predicted octanol–water partition coefficient (Wildman–Crippen LogP) is 2.08. The van der Waals surface area contributed by atoms with Gasteiger partial charge in [0.1, 0.15) is 5.76 Å². The Morgan fingerprint density at radius 2 is 2.44 bits per heavy atom. The maximum atomic E-state index is 9.17. The summed E-state index contributed by atoms with van der Waals surface area (Å²) in [6, 6.07) is 0. The summed E-state index contributed by atoms with van der Waals surface area (Å²) in [6.07, 6.45) is 6.31. The standard InChI is InChI=1S/C7H10OS/c1-7(9)5-3-2-4-6(7)8/h2-4,8-9H,5H2,1H3. The van der Waals surface area contributed by atoms with E-state index in [1.807, 2.05) is 19.1 Å². The van der Waals surface area contributed by atoms with E-state index in [1.165, 1.54) is 0 Å². The molecule has 9 heavy (non-hydrogen) atoms. The van der Waals surface area contributed by atoms with Crippen LogP contribution in [0.15, 0.2) is 24.0 Å². The highest BCUT2D eigenvalue weighted by Crippen LogP contribution is 2.29. The van der Waals surface area contributed by atoms with Crippen molar-refractivity contribution in [2.75, 3.05) is 0 Å². The second-order valence-corrected chi connectivity index (χ2v) is 3.45. The summed E-state index contributed by atoms with van der Waals surface area (Å²) in [6.45, 7) is 1.89. The first-order valence-electron chi connectivity index (χ1n) is 2.91. The van der Waals surface area contributed by atoms with Crippen molar-refractivity contribution in [1.82, 2.24) is 0 Å². The molecule has 0 radical (unpaired) electrons. The van der Waals surface area contributed by atoms with Crippen molar-refractivity contribution in [1.29, 1.82) is 0 Å². The van der Waals surface area contributed by atoms with Gasteiger partial charge >= 0.3 is 0 Å². The molecule has 1 rings (SSSR count). The summed E-state index contributed by atoms with van der Waals surface area (Å²) in [7, 11) is 0. The SMILES string of the molecule is CC1(S)CC=CC=C1O. The average molecular weight is 142 g/mol. The summed E-state index contributed by atoms with van der Waals surface area (Å²) in [4.78, 5) is 0. The molecule has 2 heteroatoms. The number of allylic oxidation sites excluding steroid dienone is 3. The van der Waals surface area contributed by atoms with Crippen LogP contribution >= 0.6 is 12.6 Å². The first kappa shape index (κ1) is 6.75. The van der Waals surface area contributed by atoms with Gasteiger partial charge in [0.2, 0.25) is 0 Å². The highest BCUT2D eigenvalue weighted by Gasteiger charge is 2.23. The fraction of sp³-hybridized carbons (Fsp3) is 0.429. The number of aliphatic hydroxyl groups excluding tert-OH is 1. The largest absolute Gasteiger partial charge is 0.511 e. The third kappa shape index (κ3) is 1.30. The van der Waals surface area contributed by atoms with Crippen LogP contribution in [0, 0.1) is 0 Å². The molecule has 0 bridgehead atoms. The van der Waals surface area contributed by atoms with E-state index in [4.69, 9.17) is 0 Å². The molecule has 1 aliphatic carbocycles. The molecule has 0 heterocycles. The quantitative estimate of drug-likeness (QED) is 0.496. The van der Waals surface area contributed by atoms with Crippen LogP contribution in [0.3, 0.4) is 0 Å². The lowest BCUT2D eigenvalue weighted by molar-refractivity contribution is 0.357. The van der Waals surface area contributed by atoms with Gasteiger partial charge in [-0.1, -0.05) is 12.2 Å². The van der Waals surface area contributed by atoms with Crippen LogP contribution in [0.2, 0.25) is 0 Å². The first-order valence-corrected chi connectivity index (χ1v) is 3.36. The normalized spacial score (nSPS) is 34.2. The highest BCUT2D eigenvalue weighted by molar-refractivity contribution is 7.82. The lowest BCUT2D eigenvalue weighted by Crippen LogP contribution is -2.20. The van der Waals surface area contributed by atoms with Gasteiger partial charge in [-0.05, 0) is 19.4 Å². The molecule has 50 valence electrons. The molecule has 0 spiro atoms. The molecule has 1 aliphatic rings. The predicted molar refractivity (Wildman–Crippen MR) is 41.9 cm³/mol. The van der Waals surface area contributed by atoms with Crippen molar-refractivity contribution < 1.29 is 5.11 Å². The van der Waals surface area contributed by atoms with E-state index >= 15 is 0 Å². The van der Waals surface area contributed by atoms with Crippen LogP contribution in [-0.4, -0.2) is 9.85 Å². The van der Waals surface area contributed by atoms with Crippen molar-refractivity contribution in [3.63, 3.8) is 0 Å². The number of rotatable bonds is 0. The zero-order chi connectivity index (χ0) is 6.91. The summed E-state index contributed by atoms with van der Waals surface area (Å²) < 4.78 is -0.339. The van der Waals surface area contributed by atoms with Gasteiger partial charge in [0.05, 0.1) is 4.75 Å². The minimum atomic E-state index is -0.339. The Kier molecular flexibility index (Phi) is 1.58. The number of thiol groups is 1.